The number of hydrogen-bond acceptors (Lipinski definition) is 5. The van der Waals surface area contributed by atoms with Gasteiger partial charge in [-0.2, -0.15) is 0 Å². The molecule has 0 heterocycles. The van der Waals surface area contributed by atoms with Crippen LogP contribution in [0.4, 0.5) is 11.4 Å². The third kappa shape index (κ3) is 14.5. The molecule has 0 aliphatic rings. The Morgan fingerprint density at radius 2 is 1.34 bits per heavy atom. The number of amides is 1. The summed E-state index contributed by atoms with van der Waals surface area (Å²) in [5.41, 5.74) is -0.550. The summed E-state index contributed by atoms with van der Waals surface area (Å²) in [4.78, 5) is 24.5. The van der Waals surface area contributed by atoms with Gasteiger partial charge in [0.05, 0.1) is 22.2 Å². The first-order valence-corrected chi connectivity index (χ1v) is 16.2. The zero-order valence-corrected chi connectivity index (χ0v) is 25.4. The summed E-state index contributed by atoms with van der Waals surface area (Å²) in [7, 11) is -3.57. The van der Waals surface area contributed by atoms with Gasteiger partial charge in [0, 0.05) is 5.41 Å². The van der Waals surface area contributed by atoms with Gasteiger partial charge in [0.15, 0.2) is 11.9 Å². The molecule has 1 amide bonds. The molecule has 0 aromatic heterocycles. The smallest absolute Gasteiger partial charge is 0.261 e. The Bertz CT molecular complexity index is 960. The van der Waals surface area contributed by atoms with Gasteiger partial charge in [-0.15, -0.1) is 0 Å². The molecule has 9 heteroatoms. The number of sulfonamides is 1. The molecule has 0 fully saturated rings. The Hall–Kier alpha value is -1.64. The molecular formula is C29H49ClN2O5S. The van der Waals surface area contributed by atoms with Gasteiger partial charge in [-0.1, -0.05) is 123 Å². The quantitative estimate of drug-likeness (QED) is 0.111. The van der Waals surface area contributed by atoms with E-state index in [0.717, 1.165) is 19.3 Å². The van der Waals surface area contributed by atoms with Gasteiger partial charge in [0.1, 0.15) is 0 Å². The van der Waals surface area contributed by atoms with Crippen molar-refractivity contribution in [3.8, 4) is 0 Å². The van der Waals surface area contributed by atoms with E-state index in [2.05, 4.69) is 17.0 Å². The van der Waals surface area contributed by atoms with Crippen LogP contribution in [-0.4, -0.2) is 37.1 Å². The van der Waals surface area contributed by atoms with E-state index in [9.17, 15) is 23.1 Å². The lowest BCUT2D eigenvalue weighted by Gasteiger charge is -2.20. The molecule has 1 aromatic carbocycles. The van der Waals surface area contributed by atoms with Gasteiger partial charge in [-0.05, 0) is 24.6 Å². The molecule has 0 aliphatic heterocycles. The first-order valence-electron chi connectivity index (χ1n) is 14.2. The highest BCUT2D eigenvalue weighted by Crippen LogP contribution is 2.27. The molecule has 0 saturated carbocycles. The lowest BCUT2D eigenvalue weighted by Crippen LogP contribution is -2.41. The predicted molar refractivity (Wildman–Crippen MR) is 158 cm³/mol. The number of nitrogens with one attached hydrogen (secondary N) is 2. The summed E-state index contributed by atoms with van der Waals surface area (Å²) in [6.45, 7) is 7.05. The largest absolute Gasteiger partial charge is 0.376 e. The molecule has 1 atom stereocenters. The molecule has 3 N–H and O–H groups in total. The number of carbonyl (C=O) groups excluding carboxylic acids is 2. The van der Waals surface area contributed by atoms with E-state index in [1.54, 1.807) is 20.8 Å². The second-order valence-electron chi connectivity index (χ2n) is 11.2. The average Bonchev–Trinajstić information content (AvgIpc) is 2.84. The fourth-order valence-electron chi connectivity index (χ4n) is 4.13. The van der Waals surface area contributed by atoms with E-state index in [1.807, 2.05) is 0 Å². The first-order chi connectivity index (χ1) is 17.9. The standard InChI is InChI=1S/C29H49ClN2O5S/c1-5-6-7-8-9-10-11-12-13-14-15-16-17-18-21-38(36,37)32-23-19-20-24(30)25(22-23)31-28(35)26(33)27(34)29(2,3)4/h19-20,22,26,32-33H,5-18,21H2,1-4H3,(H,31,35). The molecule has 0 bridgehead atoms. The highest BCUT2D eigenvalue weighted by molar-refractivity contribution is 7.92. The number of aliphatic hydroxyl groups is 1. The maximum atomic E-state index is 12.5. The zero-order chi connectivity index (χ0) is 28.6. The number of unbranched alkanes of at least 4 members (excludes halogenated alkanes) is 13. The third-order valence-corrected chi connectivity index (χ3v) is 8.20. The van der Waals surface area contributed by atoms with Gasteiger partial charge in [0.2, 0.25) is 10.0 Å². The van der Waals surface area contributed by atoms with Crippen LogP contribution in [0.5, 0.6) is 0 Å². The van der Waals surface area contributed by atoms with Gasteiger partial charge in [-0.25, -0.2) is 8.42 Å². The minimum atomic E-state index is -3.57. The molecule has 1 aromatic rings. The van der Waals surface area contributed by atoms with Crippen LogP contribution in [0.2, 0.25) is 5.02 Å². The second kappa shape index (κ2) is 17.9. The van der Waals surface area contributed by atoms with Crippen molar-refractivity contribution < 1.29 is 23.1 Å². The molecule has 0 spiro atoms. The van der Waals surface area contributed by atoms with Crippen molar-refractivity contribution >= 4 is 44.7 Å². The van der Waals surface area contributed by atoms with E-state index in [-0.39, 0.29) is 22.2 Å². The van der Waals surface area contributed by atoms with E-state index < -0.39 is 33.2 Å². The first kappa shape index (κ1) is 34.4. The van der Waals surface area contributed by atoms with Gasteiger partial charge in [0.25, 0.3) is 5.91 Å². The van der Waals surface area contributed by atoms with Gasteiger partial charge in [-0.3, -0.25) is 14.3 Å². The fraction of sp³-hybridized carbons (Fsp3) is 0.724. The Balaban J connectivity index is 2.34. The van der Waals surface area contributed by atoms with Gasteiger partial charge < -0.3 is 10.4 Å². The van der Waals surface area contributed by atoms with Crippen LogP contribution in [-0.2, 0) is 19.6 Å². The van der Waals surface area contributed by atoms with E-state index >= 15 is 0 Å². The lowest BCUT2D eigenvalue weighted by atomic mass is 9.87. The lowest BCUT2D eigenvalue weighted by molar-refractivity contribution is -0.142. The number of hydrogen-bond donors (Lipinski definition) is 3. The van der Waals surface area contributed by atoms with Gasteiger partial charge >= 0.3 is 0 Å². The highest BCUT2D eigenvalue weighted by atomic mass is 35.5. The topological polar surface area (TPSA) is 113 Å². The number of rotatable bonds is 20. The normalized spacial score (nSPS) is 12.8. The molecule has 7 nitrogen and oxygen atoms in total. The van der Waals surface area contributed by atoms with Crippen molar-refractivity contribution in [1.29, 1.82) is 0 Å². The van der Waals surface area contributed by atoms with Crippen LogP contribution in [0.25, 0.3) is 0 Å². The van der Waals surface area contributed by atoms with Crippen molar-refractivity contribution in [3.63, 3.8) is 0 Å². The summed E-state index contributed by atoms with van der Waals surface area (Å²) in [6.07, 6.45) is 14.9. The summed E-state index contributed by atoms with van der Waals surface area (Å²) in [6, 6.07) is 4.31. The second-order valence-corrected chi connectivity index (χ2v) is 13.5. The summed E-state index contributed by atoms with van der Waals surface area (Å²) < 4.78 is 27.6. The van der Waals surface area contributed by atoms with Crippen molar-refractivity contribution in [2.45, 2.75) is 124 Å². The Morgan fingerprint density at radius 3 is 1.82 bits per heavy atom. The monoisotopic (exact) mass is 572 g/mol. The fourth-order valence-corrected chi connectivity index (χ4v) is 5.47. The predicted octanol–water partition coefficient (Wildman–Crippen LogP) is 7.48. The summed E-state index contributed by atoms with van der Waals surface area (Å²) >= 11 is 6.13. The van der Waals surface area contributed by atoms with Crippen molar-refractivity contribution in [2.24, 2.45) is 5.41 Å². The number of benzene rings is 1. The van der Waals surface area contributed by atoms with Crippen molar-refractivity contribution in [3.05, 3.63) is 23.2 Å². The number of Topliss-reactive ketones (excluding diaryl/α,β-unsaturated/α-hetero) is 1. The summed E-state index contributed by atoms with van der Waals surface area (Å²) in [5.74, 6) is -1.54. The van der Waals surface area contributed by atoms with E-state index in [4.69, 9.17) is 11.6 Å². The number of ketones is 1. The van der Waals surface area contributed by atoms with Crippen LogP contribution >= 0.6 is 11.6 Å². The maximum Gasteiger partial charge on any atom is 0.261 e. The van der Waals surface area contributed by atoms with E-state index in [0.29, 0.717) is 6.42 Å². The zero-order valence-electron chi connectivity index (χ0n) is 23.8. The Kier molecular flexibility index (Phi) is 16.2. The average molecular weight is 573 g/mol. The minimum Gasteiger partial charge on any atom is -0.376 e. The van der Waals surface area contributed by atoms with Crippen LogP contribution in [0.15, 0.2) is 18.2 Å². The van der Waals surface area contributed by atoms with Crippen LogP contribution in [0, 0.1) is 5.41 Å². The molecule has 0 saturated heterocycles. The van der Waals surface area contributed by atoms with Crippen molar-refractivity contribution in [2.75, 3.05) is 15.8 Å². The third-order valence-electron chi connectivity index (χ3n) is 6.50. The Labute approximate surface area is 235 Å². The number of carbonyl (C=O) groups is 2. The molecule has 38 heavy (non-hydrogen) atoms. The van der Waals surface area contributed by atoms with E-state index in [1.165, 1.54) is 82.4 Å². The van der Waals surface area contributed by atoms with Crippen LogP contribution in [0.3, 0.4) is 0 Å². The molecule has 0 radical (unpaired) electrons. The maximum absolute atomic E-state index is 12.5. The van der Waals surface area contributed by atoms with Crippen molar-refractivity contribution in [1.82, 2.24) is 0 Å². The number of halogens is 1. The molecule has 1 unspecified atom stereocenters. The molecular weight excluding hydrogens is 524 g/mol. The molecule has 0 aliphatic carbocycles. The van der Waals surface area contributed by atoms with Crippen LogP contribution < -0.4 is 10.0 Å². The number of anilines is 2. The number of aliphatic hydroxyl groups excluding tert-OH is 1. The highest BCUT2D eigenvalue weighted by Gasteiger charge is 2.33. The summed E-state index contributed by atoms with van der Waals surface area (Å²) in [5, 5.41) is 12.6. The van der Waals surface area contributed by atoms with Crippen LogP contribution in [0.1, 0.15) is 118 Å². The SMILES string of the molecule is CCCCCCCCCCCCCCCCS(=O)(=O)Nc1ccc(Cl)c(NC(=O)C(O)C(=O)C(C)(C)C)c1. The molecule has 1 rings (SSSR count). The Morgan fingerprint density at radius 1 is 0.868 bits per heavy atom. The molecule has 218 valence electrons. The minimum absolute atomic E-state index is 0.00808.